The molecule has 0 unspecified atom stereocenters. The molecule has 23 heavy (non-hydrogen) atoms. The molecule has 1 aromatic carbocycles. The molecule has 3 nitrogen and oxygen atoms in total. The van der Waals surface area contributed by atoms with Crippen LogP contribution >= 0.6 is 0 Å². The summed E-state index contributed by atoms with van der Waals surface area (Å²) >= 11 is 0. The van der Waals surface area contributed by atoms with Gasteiger partial charge in [0, 0.05) is 43.7 Å². The van der Waals surface area contributed by atoms with Gasteiger partial charge in [0.15, 0.2) is 0 Å². The van der Waals surface area contributed by atoms with Crippen LogP contribution in [0.3, 0.4) is 0 Å². The first-order valence-electron chi connectivity index (χ1n) is 8.39. The van der Waals surface area contributed by atoms with Gasteiger partial charge in [0.2, 0.25) is 5.91 Å². The summed E-state index contributed by atoms with van der Waals surface area (Å²) in [5.41, 5.74) is 4.81. The highest BCUT2D eigenvalue weighted by molar-refractivity contribution is 5.73. The maximum Gasteiger partial charge on any atom is 0.219 e. The maximum atomic E-state index is 11.6. The van der Waals surface area contributed by atoms with Crippen molar-refractivity contribution < 1.29 is 4.79 Å². The van der Waals surface area contributed by atoms with Gasteiger partial charge >= 0.3 is 0 Å². The highest BCUT2D eigenvalue weighted by Crippen LogP contribution is 2.26. The highest BCUT2D eigenvalue weighted by atomic mass is 16.2. The van der Waals surface area contributed by atoms with Gasteiger partial charge in [-0.2, -0.15) is 0 Å². The number of pyridine rings is 1. The molecule has 2 heterocycles. The molecule has 1 atom stereocenters. The zero-order chi connectivity index (χ0) is 16.2. The van der Waals surface area contributed by atoms with Crippen molar-refractivity contribution in [1.82, 2.24) is 9.88 Å². The highest BCUT2D eigenvalue weighted by Gasteiger charge is 2.23. The summed E-state index contributed by atoms with van der Waals surface area (Å²) in [6.45, 7) is 5.46. The molecule has 0 radical (unpaired) electrons. The van der Waals surface area contributed by atoms with E-state index in [1.54, 1.807) is 6.92 Å². The molecular formula is C20H24N2O. The van der Waals surface area contributed by atoms with Crippen LogP contribution in [0.2, 0.25) is 0 Å². The van der Waals surface area contributed by atoms with E-state index in [0.29, 0.717) is 5.92 Å². The van der Waals surface area contributed by atoms with Gasteiger partial charge < -0.3 is 4.90 Å². The monoisotopic (exact) mass is 308 g/mol. The minimum Gasteiger partial charge on any atom is -0.342 e. The number of benzene rings is 1. The van der Waals surface area contributed by atoms with Crippen LogP contribution in [-0.2, 0) is 11.2 Å². The van der Waals surface area contributed by atoms with E-state index in [1.807, 2.05) is 4.90 Å². The topological polar surface area (TPSA) is 33.2 Å². The molecule has 0 N–H and O–H groups in total. The van der Waals surface area contributed by atoms with E-state index in [2.05, 4.69) is 49.4 Å². The minimum atomic E-state index is 0.172. The fraction of sp³-hybridized carbons (Fsp3) is 0.400. The van der Waals surface area contributed by atoms with Gasteiger partial charge in [-0.1, -0.05) is 35.9 Å². The normalized spacial score (nSPS) is 18.0. The first kappa shape index (κ1) is 15.7. The third-order valence-corrected chi connectivity index (χ3v) is 4.58. The average Bonchev–Trinajstić information content (AvgIpc) is 2.55. The zero-order valence-electron chi connectivity index (χ0n) is 14.0. The SMILES string of the molecule is CC(=O)N1CCC[C@H](c2cccc(Cc3cccc(C)c3)n2)C1. The van der Waals surface area contributed by atoms with Crippen LogP contribution in [-0.4, -0.2) is 28.9 Å². The number of hydrogen-bond acceptors (Lipinski definition) is 2. The Bertz CT molecular complexity index is 696. The molecule has 0 bridgehead atoms. The van der Waals surface area contributed by atoms with Crippen molar-refractivity contribution in [2.24, 2.45) is 0 Å². The molecule has 2 aromatic rings. The summed E-state index contributed by atoms with van der Waals surface area (Å²) in [6, 6.07) is 14.9. The summed E-state index contributed by atoms with van der Waals surface area (Å²) in [5, 5.41) is 0. The Hall–Kier alpha value is -2.16. The lowest BCUT2D eigenvalue weighted by Gasteiger charge is -2.31. The van der Waals surface area contributed by atoms with E-state index in [4.69, 9.17) is 4.98 Å². The van der Waals surface area contributed by atoms with Crippen molar-refractivity contribution in [2.75, 3.05) is 13.1 Å². The number of piperidine rings is 1. The predicted molar refractivity (Wildman–Crippen MR) is 92.5 cm³/mol. The molecule has 0 saturated carbocycles. The van der Waals surface area contributed by atoms with Crippen molar-refractivity contribution in [3.63, 3.8) is 0 Å². The summed E-state index contributed by atoms with van der Waals surface area (Å²) < 4.78 is 0. The molecular weight excluding hydrogens is 284 g/mol. The summed E-state index contributed by atoms with van der Waals surface area (Å²) in [5.74, 6) is 0.538. The van der Waals surface area contributed by atoms with E-state index in [-0.39, 0.29) is 5.91 Å². The van der Waals surface area contributed by atoms with Crippen molar-refractivity contribution in [2.45, 2.75) is 39.0 Å². The molecule has 3 heteroatoms. The number of aryl methyl sites for hydroxylation is 1. The van der Waals surface area contributed by atoms with Gasteiger partial charge in [-0.15, -0.1) is 0 Å². The number of carbonyl (C=O) groups is 1. The van der Waals surface area contributed by atoms with E-state index < -0.39 is 0 Å². The lowest BCUT2D eigenvalue weighted by atomic mass is 9.94. The molecule has 0 aliphatic carbocycles. The van der Waals surface area contributed by atoms with E-state index >= 15 is 0 Å². The Kier molecular flexibility index (Phi) is 4.75. The number of amides is 1. The van der Waals surface area contributed by atoms with Crippen molar-refractivity contribution in [3.05, 3.63) is 65.0 Å². The van der Waals surface area contributed by atoms with E-state index in [0.717, 1.165) is 43.7 Å². The molecule has 3 rings (SSSR count). The Morgan fingerprint density at radius 3 is 2.87 bits per heavy atom. The van der Waals surface area contributed by atoms with Crippen molar-refractivity contribution >= 4 is 5.91 Å². The number of rotatable bonds is 3. The lowest BCUT2D eigenvalue weighted by Crippen LogP contribution is -2.37. The quantitative estimate of drug-likeness (QED) is 0.866. The standard InChI is InChI=1S/C20H24N2O/c1-15-6-3-7-17(12-15)13-19-9-4-10-20(21-19)18-8-5-11-22(14-18)16(2)23/h3-4,6-7,9-10,12,18H,5,8,11,13-14H2,1-2H3/t18-/m0/s1. The number of likely N-dealkylation sites (tertiary alicyclic amines) is 1. The molecule has 1 aliphatic heterocycles. The van der Waals surface area contributed by atoms with Gasteiger partial charge in [0.25, 0.3) is 0 Å². The van der Waals surface area contributed by atoms with Crippen molar-refractivity contribution in [3.8, 4) is 0 Å². The maximum absolute atomic E-state index is 11.6. The van der Waals surface area contributed by atoms with Gasteiger partial charge in [0.05, 0.1) is 0 Å². The lowest BCUT2D eigenvalue weighted by molar-refractivity contribution is -0.130. The fourth-order valence-electron chi connectivity index (χ4n) is 3.36. The molecule has 1 aromatic heterocycles. The second-order valence-electron chi connectivity index (χ2n) is 6.52. The first-order chi connectivity index (χ1) is 11.1. The Balaban J connectivity index is 1.75. The largest absolute Gasteiger partial charge is 0.342 e. The number of aromatic nitrogens is 1. The summed E-state index contributed by atoms with van der Waals surface area (Å²) in [6.07, 6.45) is 3.04. The first-order valence-corrected chi connectivity index (χ1v) is 8.39. The molecule has 120 valence electrons. The van der Waals surface area contributed by atoms with Crippen LogP contribution in [0, 0.1) is 6.92 Å². The smallest absolute Gasteiger partial charge is 0.219 e. The zero-order valence-corrected chi connectivity index (χ0v) is 14.0. The second-order valence-corrected chi connectivity index (χ2v) is 6.52. The van der Waals surface area contributed by atoms with Crippen LogP contribution in [0.4, 0.5) is 0 Å². The van der Waals surface area contributed by atoms with Crippen LogP contribution in [0.15, 0.2) is 42.5 Å². The fourth-order valence-corrected chi connectivity index (χ4v) is 3.36. The van der Waals surface area contributed by atoms with Gasteiger partial charge in [0.1, 0.15) is 0 Å². The molecule has 1 aliphatic rings. The van der Waals surface area contributed by atoms with Gasteiger partial charge in [-0.05, 0) is 37.5 Å². The van der Waals surface area contributed by atoms with Crippen LogP contribution in [0.1, 0.15) is 48.2 Å². The van der Waals surface area contributed by atoms with Gasteiger partial charge in [-0.25, -0.2) is 0 Å². The average molecular weight is 308 g/mol. The van der Waals surface area contributed by atoms with E-state index in [1.165, 1.54) is 11.1 Å². The Labute approximate surface area is 138 Å². The predicted octanol–water partition coefficient (Wildman–Crippen LogP) is 3.71. The van der Waals surface area contributed by atoms with Crippen LogP contribution in [0.5, 0.6) is 0 Å². The Morgan fingerprint density at radius 2 is 2.09 bits per heavy atom. The number of nitrogens with zero attached hydrogens (tertiary/aromatic N) is 2. The van der Waals surface area contributed by atoms with Crippen LogP contribution in [0.25, 0.3) is 0 Å². The minimum absolute atomic E-state index is 0.172. The number of hydrogen-bond donors (Lipinski definition) is 0. The van der Waals surface area contributed by atoms with Crippen molar-refractivity contribution in [1.29, 1.82) is 0 Å². The molecule has 0 spiro atoms. The second kappa shape index (κ2) is 6.95. The molecule has 1 fully saturated rings. The van der Waals surface area contributed by atoms with Gasteiger partial charge in [-0.3, -0.25) is 9.78 Å². The summed E-state index contributed by atoms with van der Waals surface area (Å²) in [4.78, 5) is 18.4. The van der Waals surface area contributed by atoms with E-state index in [9.17, 15) is 4.79 Å². The summed E-state index contributed by atoms with van der Waals surface area (Å²) in [7, 11) is 0. The third-order valence-electron chi connectivity index (χ3n) is 4.58. The molecule has 1 saturated heterocycles. The van der Waals surface area contributed by atoms with Crippen LogP contribution < -0.4 is 0 Å². The Morgan fingerprint density at radius 1 is 1.26 bits per heavy atom. The molecule has 1 amide bonds. The number of carbonyl (C=O) groups excluding carboxylic acids is 1. The third kappa shape index (κ3) is 3.98.